The molecule has 1 aliphatic rings. The number of hydrogen-bond acceptors (Lipinski definition) is 5. The zero-order valence-electron chi connectivity index (χ0n) is 11.2. The molecular weight excluding hydrogens is 266 g/mol. The van der Waals surface area contributed by atoms with Crippen LogP contribution in [0.5, 0.6) is 0 Å². The highest BCUT2D eigenvalue weighted by atomic mass is 32.2. The van der Waals surface area contributed by atoms with Crippen LogP contribution in [0.25, 0.3) is 0 Å². The van der Waals surface area contributed by atoms with Gasteiger partial charge in [-0.25, -0.2) is 0 Å². The number of carbonyl (C=O) groups is 1. The molecule has 1 saturated heterocycles. The Morgan fingerprint density at radius 2 is 2.37 bits per heavy atom. The molecule has 1 aromatic rings. The van der Waals surface area contributed by atoms with E-state index in [-0.39, 0.29) is 18.1 Å². The van der Waals surface area contributed by atoms with E-state index in [4.69, 9.17) is 13.9 Å². The summed E-state index contributed by atoms with van der Waals surface area (Å²) < 4.78 is 16.3. The number of hydrogen-bond donors (Lipinski definition) is 1. The lowest BCUT2D eigenvalue weighted by Gasteiger charge is -2.18. The first kappa shape index (κ1) is 14.4. The summed E-state index contributed by atoms with van der Waals surface area (Å²) in [6.45, 7) is 3.54. The molecule has 1 amide bonds. The zero-order valence-corrected chi connectivity index (χ0v) is 12.0. The molecule has 1 aromatic heterocycles. The minimum atomic E-state index is -0.215. The van der Waals surface area contributed by atoms with E-state index in [1.165, 1.54) is 0 Å². The maximum atomic E-state index is 12.0. The fourth-order valence-electron chi connectivity index (χ4n) is 2.01. The van der Waals surface area contributed by atoms with E-state index < -0.39 is 0 Å². The van der Waals surface area contributed by atoms with E-state index in [1.807, 2.05) is 19.2 Å². The number of ether oxygens (including phenoxy) is 2. The van der Waals surface area contributed by atoms with Crippen molar-refractivity contribution in [1.29, 1.82) is 0 Å². The molecule has 0 aromatic carbocycles. The van der Waals surface area contributed by atoms with Crippen LogP contribution in [-0.2, 0) is 15.2 Å². The molecule has 2 atom stereocenters. The molecule has 0 unspecified atom stereocenters. The van der Waals surface area contributed by atoms with Crippen LogP contribution < -0.4 is 5.32 Å². The van der Waals surface area contributed by atoms with Crippen molar-refractivity contribution in [3.8, 4) is 0 Å². The summed E-state index contributed by atoms with van der Waals surface area (Å²) in [5.41, 5.74) is 0. The van der Waals surface area contributed by atoms with Gasteiger partial charge in [-0.05, 0) is 25.3 Å². The third-order valence-electron chi connectivity index (χ3n) is 2.90. The predicted octanol–water partition coefficient (Wildman–Crippen LogP) is 1.68. The highest BCUT2D eigenvalue weighted by Gasteiger charge is 2.30. The maximum absolute atomic E-state index is 12.0. The van der Waals surface area contributed by atoms with Crippen molar-refractivity contribution < 1.29 is 18.7 Å². The molecular formula is C13H19NO4S. The molecule has 0 spiro atoms. The standard InChI is InChI=1S/C13H19NO4S/c1-3-17-12-7-16-6-10(12)14-13(15)11-5-4-9(18-11)8-19-2/h4-5,10,12H,3,6-8H2,1-2H3,(H,14,15)/t10-,12-/m0/s1. The van der Waals surface area contributed by atoms with Crippen LogP contribution in [-0.4, -0.2) is 44.1 Å². The number of carbonyl (C=O) groups excluding carboxylic acids is 1. The van der Waals surface area contributed by atoms with Gasteiger partial charge < -0.3 is 19.2 Å². The lowest BCUT2D eigenvalue weighted by molar-refractivity contribution is 0.0399. The first-order valence-corrected chi connectivity index (χ1v) is 7.71. The Hall–Kier alpha value is -0.980. The van der Waals surface area contributed by atoms with Crippen LogP contribution in [0.1, 0.15) is 23.2 Å². The average molecular weight is 285 g/mol. The topological polar surface area (TPSA) is 60.7 Å². The third kappa shape index (κ3) is 3.75. The van der Waals surface area contributed by atoms with Crippen LogP contribution in [0.3, 0.4) is 0 Å². The smallest absolute Gasteiger partial charge is 0.287 e. The summed E-state index contributed by atoms with van der Waals surface area (Å²) in [7, 11) is 0. The molecule has 0 saturated carbocycles. The Labute approximate surface area is 117 Å². The molecule has 5 nitrogen and oxygen atoms in total. The summed E-state index contributed by atoms with van der Waals surface area (Å²) in [6.07, 6.45) is 1.92. The highest BCUT2D eigenvalue weighted by Crippen LogP contribution is 2.15. The van der Waals surface area contributed by atoms with Crippen LogP contribution in [0.2, 0.25) is 0 Å². The van der Waals surface area contributed by atoms with E-state index in [1.54, 1.807) is 17.8 Å². The van der Waals surface area contributed by atoms with Crippen LogP contribution in [0, 0.1) is 0 Å². The van der Waals surface area contributed by atoms with Gasteiger partial charge in [-0.3, -0.25) is 4.79 Å². The first-order valence-electron chi connectivity index (χ1n) is 6.32. The summed E-state index contributed by atoms with van der Waals surface area (Å²) in [5.74, 6) is 1.70. The van der Waals surface area contributed by atoms with E-state index in [0.29, 0.717) is 25.6 Å². The zero-order chi connectivity index (χ0) is 13.7. The Kier molecular flexibility index (Phi) is 5.30. The fraction of sp³-hybridized carbons (Fsp3) is 0.615. The van der Waals surface area contributed by atoms with Gasteiger partial charge in [0.15, 0.2) is 5.76 Å². The highest BCUT2D eigenvalue weighted by molar-refractivity contribution is 7.97. The van der Waals surface area contributed by atoms with Gasteiger partial charge in [-0.2, -0.15) is 11.8 Å². The first-order chi connectivity index (χ1) is 9.24. The molecule has 1 aliphatic heterocycles. The molecule has 0 aliphatic carbocycles. The van der Waals surface area contributed by atoms with Crippen LogP contribution in [0.4, 0.5) is 0 Å². The molecule has 2 rings (SSSR count). The molecule has 19 heavy (non-hydrogen) atoms. The number of amides is 1. The molecule has 1 N–H and O–H groups in total. The number of nitrogens with one attached hydrogen (secondary N) is 1. The van der Waals surface area contributed by atoms with Crippen molar-refractivity contribution in [3.63, 3.8) is 0 Å². The van der Waals surface area contributed by atoms with Gasteiger partial charge in [0, 0.05) is 6.61 Å². The van der Waals surface area contributed by atoms with Crippen molar-refractivity contribution >= 4 is 17.7 Å². The van der Waals surface area contributed by atoms with E-state index in [2.05, 4.69) is 5.32 Å². The molecule has 0 radical (unpaired) electrons. The van der Waals surface area contributed by atoms with Gasteiger partial charge in [0.1, 0.15) is 11.9 Å². The Balaban J connectivity index is 1.92. The molecule has 1 fully saturated rings. The van der Waals surface area contributed by atoms with Crippen molar-refractivity contribution in [3.05, 3.63) is 23.7 Å². The second-order valence-electron chi connectivity index (χ2n) is 4.31. The second kappa shape index (κ2) is 6.98. The van der Waals surface area contributed by atoms with Crippen LogP contribution >= 0.6 is 11.8 Å². The minimum Gasteiger partial charge on any atom is -0.455 e. The van der Waals surface area contributed by atoms with Gasteiger partial charge in [-0.1, -0.05) is 0 Å². The largest absolute Gasteiger partial charge is 0.455 e. The van der Waals surface area contributed by atoms with Gasteiger partial charge in [0.05, 0.1) is 25.0 Å². The Morgan fingerprint density at radius 3 is 3.11 bits per heavy atom. The Morgan fingerprint density at radius 1 is 1.53 bits per heavy atom. The monoisotopic (exact) mass is 285 g/mol. The normalized spacial score (nSPS) is 22.6. The molecule has 106 valence electrons. The summed E-state index contributed by atoms with van der Waals surface area (Å²) in [6, 6.07) is 3.42. The minimum absolute atomic E-state index is 0.0745. The summed E-state index contributed by atoms with van der Waals surface area (Å²) in [4.78, 5) is 12.0. The average Bonchev–Trinajstić information content (AvgIpc) is 3.01. The summed E-state index contributed by atoms with van der Waals surface area (Å²) in [5, 5.41) is 2.90. The van der Waals surface area contributed by atoms with E-state index in [9.17, 15) is 4.79 Å². The van der Waals surface area contributed by atoms with E-state index >= 15 is 0 Å². The number of furan rings is 1. The van der Waals surface area contributed by atoms with Crippen molar-refractivity contribution in [2.75, 3.05) is 26.1 Å². The molecule has 0 bridgehead atoms. The van der Waals surface area contributed by atoms with Crippen molar-refractivity contribution in [2.24, 2.45) is 0 Å². The quantitative estimate of drug-likeness (QED) is 0.861. The van der Waals surface area contributed by atoms with Gasteiger partial charge in [-0.15, -0.1) is 0 Å². The third-order valence-corrected chi connectivity index (χ3v) is 3.47. The molecule has 2 heterocycles. The Bertz CT molecular complexity index is 421. The maximum Gasteiger partial charge on any atom is 0.287 e. The van der Waals surface area contributed by atoms with Crippen molar-refractivity contribution in [2.45, 2.75) is 24.8 Å². The van der Waals surface area contributed by atoms with E-state index in [0.717, 1.165) is 11.5 Å². The second-order valence-corrected chi connectivity index (χ2v) is 5.18. The lowest BCUT2D eigenvalue weighted by atomic mass is 10.2. The van der Waals surface area contributed by atoms with Gasteiger partial charge in [0.25, 0.3) is 5.91 Å². The number of rotatable bonds is 6. The predicted molar refractivity (Wildman–Crippen MR) is 73.4 cm³/mol. The van der Waals surface area contributed by atoms with Gasteiger partial charge >= 0.3 is 0 Å². The SMILES string of the molecule is CCO[C@H]1COC[C@@H]1NC(=O)c1ccc(CSC)o1. The van der Waals surface area contributed by atoms with Crippen LogP contribution in [0.15, 0.2) is 16.5 Å². The fourth-order valence-corrected chi connectivity index (χ4v) is 2.45. The molecule has 6 heteroatoms. The van der Waals surface area contributed by atoms with Crippen molar-refractivity contribution in [1.82, 2.24) is 5.32 Å². The van der Waals surface area contributed by atoms with Gasteiger partial charge in [0.2, 0.25) is 0 Å². The summed E-state index contributed by atoms with van der Waals surface area (Å²) >= 11 is 1.65. The lowest BCUT2D eigenvalue weighted by Crippen LogP contribution is -2.43. The number of thioether (sulfide) groups is 1.